The molecule has 0 unspecified atom stereocenters. The first kappa shape index (κ1) is 25.4. The molecule has 0 aliphatic carbocycles. The minimum Gasteiger partial charge on any atom is -0.490 e. The molecule has 11 heteroatoms. The Morgan fingerprint density at radius 1 is 1.03 bits per heavy atom. The number of hydrogen-bond donors (Lipinski definition) is 1. The van der Waals surface area contributed by atoms with Crippen LogP contribution in [-0.4, -0.2) is 43.2 Å². The van der Waals surface area contributed by atoms with Crippen molar-refractivity contribution >= 4 is 20.9 Å². The van der Waals surface area contributed by atoms with Gasteiger partial charge in [0.05, 0.1) is 29.4 Å². The van der Waals surface area contributed by atoms with Gasteiger partial charge in [0, 0.05) is 11.8 Å². The van der Waals surface area contributed by atoms with Crippen LogP contribution in [0, 0.1) is 5.82 Å². The number of fused-ring (bicyclic) bond motifs is 1. The summed E-state index contributed by atoms with van der Waals surface area (Å²) in [7, 11) is -3.61. The number of aromatic amines is 1. The molecule has 0 fully saturated rings. The second-order valence-electron chi connectivity index (χ2n) is 8.14. The van der Waals surface area contributed by atoms with E-state index < -0.39 is 39.8 Å². The van der Waals surface area contributed by atoms with Gasteiger partial charge in [-0.1, -0.05) is 30.3 Å². The Labute approximate surface area is 205 Å². The van der Waals surface area contributed by atoms with E-state index in [0.717, 1.165) is 6.26 Å². The molecule has 0 spiro atoms. The first-order valence-electron chi connectivity index (χ1n) is 11.0. The van der Waals surface area contributed by atoms with Crippen molar-refractivity contribution in [2.45, 2.75) is 19.6 Å². The van der Waals surface area contributed by atoms with Crippen LogP contribution in [0.25, 0.3) is 22.2 Å². The summed E-state index contributed by atoms with van der Waals surface area (Å²) < 4.78 is 75.8. The number of halogens is 3. The van der Waals surface area contributed by atoms with Gasteiger partial charge in [0.25, 0.3) is 0 Å². The molecule has 3 aromatic carbocycles. The lowest BCUT2D eigenvalue weighted by Crippen LogP contribution is -2.28. The zero-order valence-corrected chi connectivity index (χ0v) is 20.2. The molecule has 0 aliphatic rings. The van der Waals surface area contributed by atoms with Gasteiger partial charge in [-0.25, -0.2) is 17.6 Å². The Kier molecular flexibility index (Phi) is 7.11. The van der Waals surface area contributed by atoms with E-state index in [0.29, 0.717) is 27.7 Å². The van der Waals surface area contributed by atoms with E-state index in [4.69, 9.17) is 4.74 Å². The molecule has 1 heterocycles. The number of benzene rings is 3. The summed E-state index contributed by atoms with van der Waals surface area (Å²) >= 11 is 0. The molecule has 7 nitrogen and oxygen atoms in total. The molecule has 36 heavy (non-hydrogen) atoms. The third kappa shape index (κ3) is 5.40. The van der Waals surface area contributed by atoms with Crippen molar-refractivity contribution in [2.75, 3.05) is 18.6 Å². The topological polar surface area (TPSA) is 90.4 Å². The lowest BCUT2D eigenvalue weighted by Gasteiger charge is -2.20. The SMILES string of the molecule is CCOc1cc([C@H](CS(C)(=O)=O)n2c(=O)[nH]c3cc(-c4ccccc4F)ccc32)ccc1OC(F)F. The van der Waals surface area contributed by atoms with E-state index >= 15 is 0 Å². The van der Waals surface area contributed by atoms with Gasteiger partial charge in [-0.05, 0) is 48.4 Å². The number of ether oxygens (including phenoxy) is 2. The van der Waals surface area contributed by atoms with Crippen molar-refractivity contribution in [2.24, 2.45) is 0 Å². The van der Waals surface area contributed by atoms with Crippen LogP contribution < -0.4 is 15.2 Å². The number of nitrogens with zero attached hydrogens (tertiary/aromatic N) is 1. The van der Waals surface area contributed by atoms with Crippen molar-refractivity contribution < 1.29 is 31.1 Å². The first-order chi connectivity index (χ1) is 17.1. The Morgan fingerprint density at radius 2 is 1.78 bits per heavy atom. The van der Waals surface area contributed by atoms with Gasteiger partial charge in [0.2, 0.25) is 0 Å². The van der Waals surface area contributed by atoms with Crippen molar-refractivity contribution in [3.63, 3.8) is 0 Å². The Bertz CT molecular complexity index is 1560. The summed E-state index contributed by atoms with van der Waals surface area (Å²) in [4.78, 5) is 15.8. The van der Waals surface area contributed by atoms with Gasteiger partial charge < -0.3 is 14.5 Å². The predicted octanol–water partition coefficient (Wildman–Crippen LogP) is 4.77. The van der Waals surface area contributed by atoms with Crippen LogP contribution in [0.15, 0.2) is 65.5 Å². The summed E-state index contributed by atoms with van der Waals surface area (Å²) in [6, 6.07) is 14.1. The smallest absolute Gasteiger partial charge is 0.387 e. The van der Waals surface area contributed by atoms with Crippen molar-refractivity contribution in [1.29, 1.82) is 0 Å². The van der Waals surface area contributed by atoms with E-state index in [9.17, 15) is 26.4 Å². The second kappa shape index (κ2) is 10.1. The Hall–Kier alpha value is -3.73. The zero-order chi connectivity index (χ0) is 26.0. The van der Waals surface area contributed by atoms with Gasteiger partial charge in [-0.2, -0.15) is 8.78 Å². The number of sulfone groups is 1. The van der Waals surface area contributed by atoms with Crippen LogP contribution in [0.1, 0.15) is 18.5 Å². The third-order valence-electron chi connectivity index (χ3n) is 5.54. The van der Waals surface area contributed by atoms with Crippen molar-refractivity contribution in [3.8, 4) is 22.6 Å². The highest BCUT2D eigenvalue weighted by Crippen LogP contribution is 2.34. The highest BCUT2D eigenvalue weighted by Gasteiger charge is 2.25. The molecule has 0 saturated heterocycles. The van der Waals surface area contributed by atoms with Gasteiger partial charge in [0.1, 0.15) is 15.7 Å². The molecule has 1 atom stereocenters. The summed E-state index contributed by atoms with van der Waals surface area (Å²) in [5.74, 6) is -1.10. The molecule has 1 aromatic heterocycles. The summed E-state index contributed by atoms with van der Waals surface area (Å²) in [5, 5.41) is 0. The molecule has 0 saturated carbocycles. The van der Waals surface area contributed by atoms with E-state index in [1.807, 2.05) is 0 Å². The fourth-order valence-electron chi connectivity index (χ4n) is 4.10. The molecule has 0 aliphatic heterocycles. The summed E-state index contributed by atoms with van der Waals surface area (Å²) in [6.45, 7) is -1.28. The number of imidazole rings is 1. The average Bonchev–Trinajstić information content (AvgIpc) is 3.13. The highest BCUT2D eigenvalue weighted by atomic mass is 32.2. The van der Waals surface area contributed by atoms with E-state index in [-0.39, 0.29) is 18.1 Å². The predicted molar refractivity (Wildman–Crippen MR) is 130 cm³/mol. The molecule has 0 amide bonds. The standard InChI is InChI=1S/C25H23F3N2O5S/c1-3-34-23-13-16(9-11-22(23)35-24(27)28)21(14-36(2,32)33)30-20-10-8-15(12-19(20)29-25(30)31)17-6-4-5-7-18(17)26/h4-13,21,24H,3,14H2,1-2H3,(H,29,31)/t21-/m0/s1. The molecule has 0 radical (unpaired) electrons. The number of aromatic nitrogens is 2. The van der Waals surface area contributed by atoms with Crippen molar-refractivity contribution in [3.05, 3.63) is 82.5 Å². The molecule has 190 valence electrons. The Morgan fingerprint density at radius 3 is 2.44 bits per heavy atom. The number of rotatable bonds is 9. The van der Waals surface area contributed by atoms with Crippen LogP contribution in [0.2, 0.25) is 0 Å². The largest absolute Gasteiger partial charge is 0.490 e. The normalized spacial score (nSPS) is 12.7. The van der Waals surface area contributed by atoms with Crippen LogP contribution in [-0.2, 0) is 9.84 Å². The maximum absolute atomic E-state index is 14.3. The molecule has 4 aromatic rings. The summed E-state index contributed by atoms with van der Waals surface area (Å²) in [6.07, 6.45) is 1.04. The minimum atomic E-state index is -3.61. The fraction of sp³-hybridized carbons (Fsp3) is 0.240. The minimum absolute atomic E-state index is 0.0106. The summed E-state index contributed by atoms with van der Waals surface area (Å²) in [5.41, 5.74) is 1.39. The number of alkyl halides is 2. The molecule has 0 bridgehead atoms. The zero-order valence-electron chi connectivity index (χ0n) is 19.4. The van der Waals surface area contributed by atoms with E-state index in [1.165, 1.54) is 28.8 Å². The highest BCUT2D eigenvalue weighted by molar-refractivity contribution is 7.90. The molecular formula is C25H23F3N2O5S. The maximum Gasteiger partial charge on any atom is 0.387 e. The third-order valence-corrected chi connectivity index (χ3v) is 6.46. The number of nitrogens with one attached hydrogen (secondary N) is 1. The molecule has 4 rings (SSSR count). The van der Waals surface area contributed by atoms with Crippen LogP contribution in [0.3, 0.4) is 0 Å². The van der Waals surface area contributed by atoms with Gasteiger partial charge in [0.15, 0.2) is 11.5 Å². The first-order valence-corrected chi connectivity index (χ1v) is 13.0. The molecule has 1 N–H and O–H groups in total. The lowest BCUT2D eigenvalue weighted by atomic mass is 10.0. The van der Waals surface area contributed by atoms with Gasteiger partial charge in [-0.3, -0.25) is 4.57 Å². The van der Waals surface area contributed by atoms with Crippen LogP contribution >= 0.6 is 0 Å². The second-order valence-corrected chi connectivity index (χ2v) is 10.3. The van der Waals surface area contributed by atoms with E-state index in [1.54, 1.807) is 43.3 Å². The maximum atomic E-state index is 14.3. The number of hydrogen-bond acceptors (Lipinski definition) is 5. The van der Waals surface area contributed by atoms with Crippen molar-refractivity contribution in [1.82, 2.24) is 9.55 Å². The monoisotopic (exact) mass is 520 g/mol. The van der Waals surface area contributed by atoms with E-state index in [2.05, 4.69) is 9.72 Å². The Balaban J connectivity index is 1.87. The quantitative estimate of drug-likeness (QED) is 0.343. The van der Waals surface area contributed by atoms with Crippen LogP contribution in [0.4, 0.5) is 13.2 Å². The lowest BCUT2D eigenvalue weighted by molar-refractivity contribution is -0.0514. The van der Waals surface area contributed by atoms with Gasteiger partial charge in [-0.15, -0.1) is 0 Å². The van der Waals surface area contributed by atoms with Crippen LogP contribution in [0.5, 0.6) is 11.5 Å². The fourth-order valence-corrected chi connectivity index (χ4v) is 5.02. The number of H-pyrrole nitrogens is 1. The average molecular weight is 521 g/mol. The molecular weight excluding hydrogens is 497 g/mol. The van der Waals surface area contributed by atoms with Gasteiger partial charge >= 0.3 is 12.3 Å².